The van der Waals surface area contributed by atoms with E-state index in [0.29, 0.717) is 10.6 Å². The molecule has 0 saturated heterocycles. The molecule has 1 N–H and O–H groups in total. The summed E-state index contributed by atoms with van der Waals surface area (Å²) in [4.78, 5) is 26.8. The number of hydrogen-bond donors (Lipinski definition) is 1. The Balaban J connectivity index is 1.97. The monoisotopic (exact) mass is 407 g/mol. The first kappa shape index (κ1) is 20.8. The lowest BCUT2D eigenvalue weighted by Crippen LogP contribution is -2.22. The second-order valence-corrected chi connectivity index (χ2v) is 8.09. The number of carbonyl (C=O) groups excluding carboxylic acids is 2. The van der Waals surface area contributed by atoms with Crippen molar-refractivity contribution in [2.45, 2.75) is 32.6 Å². The van der Waals surface area contributed by atoms with Crippen LogP contribution in [-0.4, -0.2) is 18.5 Å². The molecule has 3 rings (SSSR count). The SMILES string of the molecule is CCOC(=O)c1cc(C(C)C)sc1NC(=O)C(c1ccccc1)c1ccccc1. The zero-order valence-electron chi connectivity index (χ0n) is 16.8. The van der Waals surface area contributed by atoms with Gasteiger partial charge in [-0.1, -0.05) is 74.5 Å². The lowest BCUT2D eigenvalue weighted by atomic mass is 9.90. The van der Waals surface area contributed by atoms with Gasteiger partial charge in [0.2, 0.25) is 5.91 Å². The number of amides is 1. The second kappa shape index (κ2) is 9.52. The van der Waals surface area contributed by atoms with Crippen molar-refractivity contribution in [1.29, 1.82) is 0 Å². The summed E-state index contributed by atoms with van der Waals surface area (Å²) in [6.07, 6.45) is 0. The molecular formula is C24H25NO3S. The second-order valence-electron chi connectivity index (χ2n) is 7.01. The van der Waals surface area contributed by atoms with Crippen LogP contribution in [-0.2, 0) is 9.53 Å². The number of anilines is 1. The molecule has 4 nitrogen and oxygen atoms in total. The maximum absolute atomic E-state index is 13.4. The van der Waals surface area contributed by atoms with Crippen molar-refractivity contribution in [3.05, 3.63) is 88.3 Å². The number of carbonyl (C=O) groups is 2. The minimum absolute atomic E-state index is 0.176. The van der Waals surface area contributed by atoms with E-state index >= 15 is 0 Å². The van der Waals surface area contributed by atoms with Gasteiger partial charge in [0.05, 0.1) is 18.1 Å². The molecular weight excluding hydrogens is 382 g/mol. The Bertz CT molecular complexity index is 925. The van der Waals surface area contributed by atoms with Gasteiger partial charge in [0.25, 0.3) is 0 Å². The Morgan fingerprint density at radius 3 is 2.00 bits per heavy atom. The summed E-state index contributed by atoms with van der Waals surface area (Å²) in [6.45, 7) is 6.18. The Morgan fingerprint density at radius 1 is 0.966 bits per heavy atom. The van der Waals surface area contributed by atoms with Gasteiger partial charge in [-0.25, -0.2) is 4.79 Å². The first-order valence-corrected chi connectivity index (χ1v) is 10.5. The highest BCUT2D eigenvalue weighted by atomic mass is 32.1. The van der Waals surface area contributed by atoms with Crippen molar-refractivity contribution in [3.63, 3.8) is 0 Å². The van der Waals surface area contributed by atoms with Crippen LogP contribution < -0.4 is 5.32 Å². The van der Waals surface area contributed by atoms with Crippen LogP contribution in [0.25, 0.3) is 0 Å². The summed E-state index contributed by atoms with van der Waals surface area (Å²) in [5.74, 6) is -0.818. The molecule has 150 valence electrons. The van der Waals surface area contributed by atoms with E-state index in [1.807, 2.05) is 66.7 Å². The van der Waals surface area contributed by atoms with Crippen molar-refractivity contribution in [3.8, 4) is 0 Å². The standard InChI is InChI=1S/C24H25NO3S/c1-4-28-24(27)19-15-20(16(2)3)29-23(19)25-22(26)21(17-11-7-5-8-12-17)18-13-9-6-10-14-18/h5-16,21H,4H2,1-3H3,(H,25,26). The third-order valence-corrected chi connectivity index (χ3v) is 5.93. The fourth-order valence-corrected chi connectivity index (χ4v) is 4.17. The highest BCUT2D eigenvalue weighted by Gasteiger charge is 2.26. The predicted molar refractivity (Wildman–Crippen MR) is 118 cm³/mol. The van der Waals surface area contributed by atoms with Crippen LogP contribution in [0.15, 0.2) is 66.7 Å². The summed E-state index contributed by atoms with van der Waals surface area (Å²) in [5, 5.41) is 3.54. The average molecular weight is 408 g/mol. The molecule has 0 unspecified atom stereocenters. The number of ether oxygens (including phenoxy) is 1. The summed E-state index contributed by atoms with van der Waals surface area (Å²) in [5.41, 5.74) is 2.21. The molecule has 0 spiro atoms. The lowest BCUT2D eigenvalue weighted by Gasteiger charge is -2.18. The molecule has 0 aliphatic heterocycles. The molecule has 29 heavy (non-hydrogen) atoms. The van der Waals surface area contributed by atoms with Gasteiger partial charge in [0.15, 0.2) is 0 Å². The zero-order valence-corrected chi connectivity index (χ0v) is 17.7. The highest BCUT2D eigenvalue weighted by Crippen LogP contribution is 2.35. The van der Waals surface area contributed by atoms with Crippen LogP contribution >= 0.6 is 11.3 Å². The van der Waals surface area contributed by atoms with E-state index in [4.69, 9.17) is 4.74 Å². The van der Waals surface area contributed by atoms with Gasteiger partial charge in [-0.2, -0.15) is 0 Å². The van der Waals surface area contributed by atoms with Gasteiger partial charge in [-0.05, 0) is 30.0 Å². The van der Waals surface area contributed by atoms with Gasteiger partial charge in [-0.15, -0.1) is 11.3 Å². The quantitative estimate of drug-likeness (QED) is 0.502. The molecule has 0 fully saturated rings. The maximum Gasteiger partial charge on any atom is 0.341 e. The first-order valence-electron chi connectivity index (χ1n) is 9.72. The van der Waals surface area contributed by atoms with Gasteiger partial charge in [-0.3, -0.25) is 4.79 Å². The predicted octanol–water partition coefficient (Wildman–Crippen LogP) is 5.82. The molecule has 5 heteroatoms. The van der Waals surface area contributed by atoms with Crippen LogP contribution in [0.3, 0.4) is 0 Å². The van der Waals surface area contributed by atoms with E-state index in [1.54, 1.807) is 6.92 Å². The Hall–Kier alpha value is -2.92. The van der Waals surface area contributed by atoms with E-state index in [0.717, 1.165) is 16.0 Å². The number of thiophene rings is 1. The van der Waals surface area contributed by atoms with Gasteiger partial charge in [0.1, 0.15) is 5.00 Å². The molecule has 3 aromatic rings. The van der Waals surface area contributed by atoms with Gasteiger partial charge in [0, 0.05) is 4.88 Å². The van der Waals surface area contributed by atoms with E-state index in [2.05, 4.69) is 19.2 Å². The molecule has 1 amide bonds. The fraction of sp³-hybridized carbons (Fsp3) is 0.250. The van der Waals surface area contributed by atoms with Crippen molar-refractivity contribution >= 4 is 28.2 Å². The molecule has 0 saturated carbocycles. The normalized spacial score (nSPS) is 10.9. The van der Waals surface area contributed by atoms with E-state index in [-0.39, 0.29) is 18.4 Å². The first-order chi connectivity index (χ1) is 14.0. The topological polar surface area (TPSA) is 55.4 Å². The number of hydrogen-bond acceptors (Lipinski definition) is 4. The van der Waals surface area contributed by atoms with Crippen LogP contribution in [0.4, 0.5) is 5.00 Å². The lowest BCUT2D eigenvalue weighted by molar-refractivity contribution is -0.116. The number of esters is 1. The van der Waals surface area contributed by atoms with Crippen molar-refractivity contribution < 1.29 is 14.3 Å². The number of rotatable bonds is 7. The average Bonchev–Trinajstić information content (AvgIpc) is 3.14. The molecule has 1 heterocycles. The highest BCUT2D eigenvalue weighted by molar-refractivity contribution is 7.16. The maximum atomic E-state index is 13.4. The van der Waals surface area contributed by atoms with Gasteiger partial charge < -0.3 is 10.1 Å². The molecule has 0 aliphatic rings. The molecule has 2 aromatic carbocycles. The van der Waals surface area contributed by atoms with Crippen LogP contribution in [0.5, 0.6) is 0 Å². The van der Waals surface area contributed by atoms with Crippen LogP contribution in [0.2, 0.25) is 0 Å². The largest absolute Gasteiger partial charge is 0.462 e. The van der Waals surface area contributed by atoms with E-state index < -0.39 is 11.9 Å². The Labute approximate surface area is 175 Å². The molecule has 0 aliphatic carbocycles. The minimum atomic E-state index is -0.475. The summed E-state index contributed by atoms with van der Waals surface area (Å²) in [6, 6.07) is 21.1. The molecule has 0 atom stereocenters. The smallest absolute Gasteiger partial charge is 0.341 e. The summed E-state index contributed by atoms with van der Waals surface area (Å²) < 4.78 is 5.19. The van der Waals surface area contributed by atoms with Crippen molar-refractivity contribution in [2.75, 3.05) is 11.9 Å². The van der Waals surface area contributed by atoms with Gasteiger partial charge >= 0.3 is 5.97 Å². The third kappa shape index (κ3) is 4.93. The minimum Gasteiger partial charge on any atom is -0.462 e. The van der Waals surface area contributed by atoms with Crippen LogP contribution in [0, 0.1) is 0 Å². The molecule has 1 aromatic heterocycles. The van der Waals surface area contributed by atoms with E-state index in [9.17, 15) is 9.59 Å². The summed E-state index contributed by atoms with van der Waals surface area (Å²) >= 11 is 1.43. The third-order valence-electron chi connectivity index (χ3n) is 4.58. The zero-order chi connectivity index (χ0) is 20.8. The summed E-state index contributed by atoms with van der Waals surface area (Å²) in [7, 11) is 0. The van der Waals surface area contributed by atoms with Crippen LogP contribution in [0.1, 0.15) is 59.0 Å². The van der Waals surface area contributed by atoms with Crippen molar-refractivity contribution in [1.82, 2.24) is 0 Å². The number of benzene rings is 2. The fourth-order valence-electron chi connectivity index (χ4n) is 3.12. The Kier molecular flexibility index (Phi) is 6.83. The molecule has 0 radical (unpaired) electrons. The number of nitrogens with one attached hydrogen (secondary N) is 1. The van der Waals surface area contributed by atoms with Crippen molar-refractivity contribution in [2.24, 2.45) is 0 Å². The Morgan fingerprint density at radius 2 is 1.52 bits per heavy atom. The molecule has 0 bridgehead atoms. The van der Waals surface area contributed by atoms with E-state index in [1.165, 1.54) is 11.3 Å².